The molecule has 0 unspecified atom stereocenters. The van der Waals surface area contributed by atoms with Gasteiger partial charge in [-0.3, -0.25) is 4.79 Å². The molecule has 0 aliphatic heterocycles. The maximum atomic E-state index is 11.9. The first-order valence-corrected chi connectivity index (χ1v) is 6.54. The van der Waals surface area contributed by atoms with Gasteiger partial charge in [0.1, 0.15) is 5.75 Å². The second kappa shape index (κ2) is 6.73. The first-order chi connectivity index (χ1) is 10.1. The molecule has 1 aromatic carbocycles. The van der Waals surface area contributed by atoms with Crippen LogP contribution in [0.4, 0.5) is 0 Å². The second-order valence-corrected chi connectivity index (χ2v) is 4.50. The van der Waals surface area contributed by atoms with Gasteiger partial charge >= 0.3 is 0 Å². The van der Waals surface area contributed by atoms with Gasteiger partial charge in [0.15, 0.2) is 0 Å². The van der Waals surface area contributed by atoms with Crippen molar-refractivity contribution in [2.75, 3.05) is 13.7 Å². The van der Waals surface area contributed by atoms with E-state index in [1.54, 1.807) is 13.2 Å². The number of aryl methyl sites for hydroxylation is 1. The van der Waals surface area contributed by atoms with Crippen LogP contribution in [0.2, 0.25) is 0 Å². The maximum Gasteiger partial charge on any atom is 0.267 e. The summed E-state index contributed by atoms with van der Waals surface area (Å²) in [7, 11) is 1.60. The summed E-state index contributed by atoms with van der Waals surface area (Å²) in [5.41, 5.74) is 7.73. The third-order valence-corrected chi connectivity index (χ3v) is 2.96. The van der Waals surface area contributed by atoms with Crippen LogP contribution in [0.15, 0.2) is 35.1 Å². The molecule has 0 radical (unpaired) electrons. The van der Waals surface area contributed by atoms with Crippen LogP contribution in [0.3, 0.4) is 0 Å². The minimum Gasteiger partial charge on any atom is -0.497 e. The number of ether oxygens (including phenoxy) is 1. The molecule has 0 aliphatic carbocycles. The largest absolute Gasteiger partial charge is 0.497 e. The summed E-state index contributed by atoms with van der Waals surface area (Å²) < 4.78 is 6.64. The molecule has 2 rings (SSSR count). The molecular weight excluding hydrogens is 266 g/mol. The third-order valence-electron chi connectivity index (χ3n) is 2.96. The van der Waals surface area contributed by atoms with E-state index in [4.69, 9.17) is 10.5 Å². The minimum absolute atomic E-state index is 0.152. The Balaban J connectivity index is 2.45. The van der Waals surface area contributed by atoms with Crippen LogP contribution in [0.25, 0.3) is 0 Å². The van der Waals surface area contributed by atoms with Gasteiger partial charge in [-0.15, -0.1) is 0 Å². The summed E-state index contributed by atoms with van der Waals surface area (Å²) in [5.74, 6) is 6.54. The second-order valence-electron chi connectivity index (χ2n) is 4.50. The van der Waals surface area contributed by atoms with Gasteiger partial charge in [0.2, 0.25) is 0 Å². The molecule has 0 aliphatic rings. The smallest absolute Gasteiger partial charge is 0.267 e. The van der Waals surface area contributed by atoms with Crippen molar-refractivity contribution in [2.24, 2.45) is 5.73 Å². The zero-order valence-corrected chi connectivity index (χ0v) is 12.1. The van der Waals surface area contributed by atoms with Crippen molar-refractivity contribution >= 4 is 0 Å². The Morgan fingerprint density at radius 1 is 1.33 bits per heavy atom. The Bertz CT molecular complexity index is 754. The topological polar surface area (TPSA) is 70.1 Å². The summed E-state index contributed by atoms with van der Waals surface area (Å²) in [4.78, 5) is 11.9. The summed E-state index contributed by atoms with van der Waals surface area (Å²) in [6.07, 6.45) is 0. The highest BCUT2D eigenvalue weighted by molar-refractivity contribution is 5.45. The minimum atomic E-state index is -0.152. The van der Waals surface area contributed by atoms with Crippen LogP contribution in [-0.4, -0.2) is 23.4 Å². The van der Waals surface area contributed by atoms with E-state index in [2.05, 4.69) is 16.9 Å². The number of rotatable bonds is 3. The van der Waals surface area contributed by atoms with E-state index in [1.807, 2.05) is 25.1 Å². The quantitative estimate of drug-likeness (QED) is 0.850. The van der Waals surface area contributed by atoms with Gasteiger partial charge in [-0.25, -0.2) is 4.68 Å². The highest BCUT2D eigenvalue weighted by atomic mass is 16.5. The summed E-state index contributed by atoms with van der Waals surface area (Å²) >= 11 is 0. The van der Waals surface area contributed by atoms with Gasteiger partial charge in [-0.2, -0.15) is 5.10 Å². The normalized spacial score (nSPS) is 9.86. The molecule has 108 valence electrons. The van der Waals surface area contributed by atoms with Gasteiger partial charge < -0.3 is 10.5 Å². The third kappa shape index (κ3) is 3.71. The number of nitrogens with two attached hydrogens (primary N) is 1. The Morgan fingerprint density at radius 2 is 2.14 bits per heavy atom. The van der Waals surface area contributed by atoms with Crippen molar-refractivity contribution in [3.05, 3.63) is 57.5 Å². The molecule has 21 heavy (non-hydrogen) atoms. The van der Waals surface area contributed by atoms with Crippen LogP contribution in [0.5, 0.6) is 5.75 Å². The van der Waals surface area contributed by atoms with Crippen molar-refractivity contribution in [3.63, 3.8) is 0 Å². The lowest BCUT2D eigenvalue weighted by Crippen LogP contribution is -2.23. The standard InChI is InChI=1S/C16H17N3O2/c1-12-5-8-16(20)19(18-12)11-14-10-15(21-2)7-6-13(14)4-3-9-17/h5-8,10H,9,11,17H2,1-2H3. The Morgan fingerprint density at radius 3 is 2.86 bits per heavy atom. The molecule has 0 fully saturated rings. The maximum absolute atomic E-state index is 11.9. The Labute approximate surface area is 123 Å². The number of aromatic nitrogens is 2. The van der Waals surface area contributed by atoms with E-state index >= 15 is 0 Å². The molecule has 2 aromatic rings. The number of nitrogens with zero attached hydrogens (tertiary/aromatic N) is 2. The van der Waals surface area contributed by atoms with Crippen molar-refractivity contribution in [1.29, 1.82) is 0 Å². The van der Waals surface area contributed by atoms with Gasteiger partial charge in [-0.05, 0) is 36.8 Å². The van der Waals surface area contributed by atoms with Crippen LogP contribution in [0, 0.1) is 18.8 Å². The van der Waals surface area contributed by atoms with Crippen molar-refractivity contribution in [1.82, 2.24) is 9.78 Å². The number of methoxy groups -OCH3 is 1. The highest BCUT2D eigenvalue weighted by Crippen LogP contribution is 2.17. The van der Waals surface area contributed by atoms with Gasteiger partial charge in [-0.1, -0.05) is 11.8 Å². The molecule has 0 saturated carbocycles. The summed E-state index contributed by atoms with van der Waals surface area (Å²) in [5, 5.41) is 4.24. The fraction of sp³-hybridized carbons (Fsp3) is 0.250. The Kier molecular flexibility index (Phi) is 4.75. The zero-order valence-electron chi connectivity index (χ0n) is 12.1. The average molecular weight is 283 g/mol. The SMILES string of the molecule is COc1ccc(C#CCN)c(Cn2nc(C)ccc2=O)c1. The van der Waals surface area contributed by atoms with E-state index in [0.717, 1.165) is 16.8 Å². The summed E-state index contributed by atoms with van der Waals surface area (Å²) in [6, 6.07) is 8.75. The lowest BCUT2D eigenvalue weighted by molar-refractivity contribution is 0.414. The average Bonchev–Trinajstić information content (AvgIpc) is 2.49. The van der Waals surface area contributed by atoms with Crippen LogP contribution >= 0.6 is 0 Å². The first kappa shape index (κ1) is 14.8. The molecule has 0 spiro atoms. The van der Waals surface area contributed by atoms with Crippen LogP contribution < -0.4 is 16.0 Å². The molecule has 0 saturated heterocycles. The molecule has 0 atom stereocenters. The van der Waals surface area contributed by atoms with E-state index in [-0.39, 0.29) is 12.1 Å². The molecule has 1 heterocycles. The highest BCUT2D eigenvalue weighted by Gasteiger charge is 2.06. The zero-order chi connectivity index (χ0) is 15.2. The van der Waals surface area contributed by atoms with Gasteiger partial charge in [0.05, 0.1) is 25.9 Å². The number of hydrogen-bond donors (Lipinski definition) is 1. The van der Waals surface area contributed by atoms with Crippen molar-refractivity contribution < 1.29 is 4.74 Å². The van der Waals surface area contributed by atoms with E-state index in [1.165, 1.54) is 10.7 Å². The Hall–Kier alpha value is -2.58. The van der Waals surface area contributed by atoms with E-state index in [0.29, 0.717) is 12.3 Å². The predicted octanol–water partition coefficient (Wildman–Crippen LogP) is 0.919. The monoisotopic (exact) mass is 283 g/mol. The number of benzene rings is 1. The summed E-state index contributed by atoms with van der Waals surface area (Å²) in [6.45, 7) is 2.47. The molecule has 2 N–H and O–H groups in total. The number of hydrogen-bond acceptors (Lipinski definition) is 4. The van der Waals surface area contributed by atoms with Crippen molar-refractivity contribution in [2.45, 2.75) is 13.5 Å². The molecule has 0 bridgehead atoms. The van der Waals surface area contributed by atoms with Crippen molar-refractivity contribution in [3.8, 4) is 17.6 Å². The molecule has 5 heteroatoms. The van der Waals surface area contributed by atoms with Crippen LogP contribution in [0.1, 0.15) is 16.8 Å². The van der Waals surface area contributed by atoms with Gasteiger partial charge in [0.25, 0.3) is 5.56 Å². The predicted molar refractivity (Wildman–Crippen MR) is 81.3 cm³/mol. The lowest BCUT2D eigenvalue weighted by atomic mass is 10.1. The lowest BCUT2D eigenvalue weighted by Gasteiger charge is -2.09. The molecule has 5 nitrogen and oxygen atoms in total. The fourth-order valence-electron chi connectivity index (χ4n) is 1.92. The molecule has 1 aromatic heterocycles. The van der Waals surface area contributed by atoms with E-state index < -0.39 is 0 Å². The molecule has 0 amide bonds. The first-order valence-electron chi connectivity index (χ1n) is 6.54. The molecular formula is C16H17N3O2. The fourth-order valence-corrected chi connectivity index (χ4v) is 1.92. The van der Waals surface area contributed by atoms with Gasteiger partial charge in [0, 0.05) is 11.6 Å². The van der Waals surface area contributed by atoms with Crippen LogP contribution in [-0.2, 0) is 6.54 Å². The van der Waals surface area contributed by atoms with E-state index in [9.17, 15) is 4.79 Å².